The molecule has 0 unspecified atom stereocenters. The minimum Gasteiger partial charge on any atom is -0.492 e. The zero-order valence-electron chi connectivity index (χ0n) is 11.9. The molecule has 0 saturated heterocycles. The predicted octanol–water partition coefficient (Wildman–Crippen LogP) is 1.03. The molecule has 0 radical (unpaired) electrons. The molecule has 0 spiro atoms. The van der Waals surface area contributed by atoms with Gasteiger partial charge in [-0.15, -0.1) is 0 Å². The Balaban J connectivity index is 1.87. The van der Waals surface area contributed by atoms with Gasteiger partial charge in [0.05, 0.1) is 12.6 Å². The first kappa shape index (κ1) is 15.0. The second kappa shape index (κ2) is 7.39. The number of nitrogens with zero attached hydrogens (tertiary/aromatic N) is 3. The summed E-state index contributed by atoms with van der Waals surface area (Å²) in [7, 11) is 0. The Hall–Kier alpha value is -2.41. The molecule has 0 saturated carbocycles. The third-order valence-corrected chi connectivity index (χ3v) is 2.93. The van der Waals surface area contributed by atoms with Crippen LogP contribution in [0.15, 0.2) is 36.9 Å². The van der Waals surface area contributed by atoms with Crippen LogP contribution in [0.1, 0.15) is 13.3 Å². The maximum absolute atomic E-state index is 11.7. The molecule has 7 heteroatoms. The van der Waals surface area contributed by atoms with Crippen LogP contribution in [-0.2, 0) is 11.3 Å². The highest BCUT2D eigenvalue weighted by Crippen LogP contribution is 2.17. The van der Waals surface area contributed by atoms with Gasteiger partial charge in [0.25, 0.3) is 0 Å². The molecule has 1 atom stereocenters. The SMILES string of the molecule is CC[C@H](N)C(=O)Nc1cccc(OCCn2cncn2)c1. The number of carbonyl (C=O) groups excluding carboxylic acids is 1. The van der Waals surface area contributed by atoms with Crippen LogP contribution < -0.4 is 15.8 Å². The molecule has 0 aliphatic heterocycles. The summed E-state index contributed by atoms with van der Waals surface area (Å²) in [6, 6.07) is 6.71. The summed E-state index contributed by atoms with van der Waals surface area (Å²) < 4.78 is 7.30. The quantitative estimate of drug-likeness (QED) is 0.794. The summed E-state index contributed by atoms with van der Waals surface area (Å²) in [4.78, 5) is 15.6. The van der Waals surface area contributed by atoms with Crippen LogP contribution in [0, 0.1) is 0 Å². The van der Waals surface area contributed by atoms with Crippen molar-refractivity contribution in [1.29, 1.82) is 0 Å². The van der Waals surface area contributed by atoms with Crippen LogP contribution in [0.2, 0.25) is 0 Å². The molecule has 2 aromatic rings. The van der Waals surface area contributed by atoms with Crippen LogP contribution >= 0.6 is 0 Å². The molecule has 1 aromatic carbocycles. The first-order valence-electron chi connectivity index (χ1n) is 6.80. The average Bonchev–Trinajstić information content (AvgIpc) is 3.00. The Bertz CT molecular complexity index is 571. The number of hydrogen-bond acceptors (Lipinski definition) is 5. The fraction of sp³-hybridized carbons (Fsp3) is 0.357. The number of rotatable bonds is 7. The maximum atomic E-state index is 11.7. The van der Waals surface area contributed by atoms with E-state index in [0.29, 0.717) is 31.0 Å². The number of benzene rings is 1. The fourth-order valence-electron chi connectivity index (χ4n) is 1.69. The van der Waals surface area contributed by atoms with E-state index in [1.165, 1.54) is 6.33 Å². The lowest BCUT2D eigenvalue weighted by molar-refractivity contribution is -0.117. The maximum Gasteiger partial charge on any atom is 0.241 e. The number of nitrogens with one attached hydrogen (secondary N) is 1. The smallest absolute Gasteiger partial charge is 0.241 e. The number of aromatic nitrogens is 3. The zero-order valence-corrected chi connectivity index (χ0v) is 11.9. The van der Waals surface area contributed by atoms with E-state index in [2.05, 4.69) is 15.4 Å². The monoisotopic (exact) mass is 289 g/mol. The number of carbonyl (C=O) groups is 1. The van der Waals surface area contributed by atoms with Crippen molar-refractivity contribution >= 4 is 11.6 Å². The average molecular weight is 289 g/mol. The molecule has 0 aliphatic carbocycles. The number of anilines is 1. The molecule has 7 nitrogen and oxygen atoms in total. The van der Waals surface area contributed by atoms with E-state index in [9.17, 15) is 4.79 Å². The summed E-state index contributed by atoms with van der Waals surface area (Å²) in [6.45, 7) is 2.94. The molecule has 2 rings (SSSR count). The second-order valence-corrected chi connectivity index (χ2v) is 4.54. The Morgan fingerprint density at radius 1 is 1.52 bits per heavy atom. The van der Waals surface area contributed by atoms with Crippen molar-refractivity contribution < 1.29 is 9.53 Å². The highest BCUT2D eigenvalue weighted by atomic mass is 16.5. The van der Waals surface area contributed by atoms with Crippen LogP contribution in [0.5, 0.6) is 5.75 Å². The molecule has 0 bridgehead atoms. The zero-order chi connectivity index (χ0) is 15.1. The predicted molar refractivity (Wildman–Crippen MR) is 78.9 cm³/mol. The van der Waals surface area contributed by atoms with Crippen molar-refractivity contribution in [2.45, 2.75) is 25.9 Å². The molecule has 1 amide bonds. The van der Waals surface area contributed by atoms with Crippen LogP contribution in [0.3, 0.4) is 0 Å². The lowest BCUT2D eigenvalue weighted by atomic mass is 10.2. The summed E-state index contributed by atoms with van der Waals surface area (Å²) >= 11 is 0. The van der Waals surface area contributed by atoms with Crippen molar-refractivity contribution in [1.82, 2.24) is 14.8 Å². The Morgan fingerprint density at radius 2 is 2.38 bits per heavy atom. The van der Waals surface area contributed by atoms with Gasteiger partial charge in [-0.3, -0.25) is 4.79 Å². The molecular weight excluding hydrogens is 270 g/mol. The number of nitrogens with two attached hydrogens (primary N) is 1. The van der Waals surface area contributed by atoms with Gasteiger partial charge in [0.15, 0.2) is 0 Å². The van der Waals surface area contributed by atoms with E-state index in [-0.39, 0.29) is 5.91 Å². The molecule has 0 aliphatic rings. The summed E-state index contributed by atoms with van der Waals surface area (Å²) in [5.41, 5.74) is 6.35. The summed E-state index contributed by atoms with van der Waals surface area (Å²) in [5, 5.41) is 6.75. The number of ether oxygens (including phenoxy) is 1. The highest BCUT2D eigenvalue weighted by Gasteiger charge is 2.11. The van der Waals surface area contributed by atoms with Gasteiger partial charge in [-0.2, -0.15) is 5.10 Å². The Labute approximate surface area is 123 Å². The molecule has 0 fully saturated rings. The topological polar surface area (TPSA) is 95.1 Å². The molecular formula is C14H19N5O2. The molecule has 3 N–H and O–H groups in total. The van der Waals surface area contributed by atoms with Gasteiger partial charge < -0.3 is 15.8 Å². The van der Waals surface area contributed by atoms with E-state index in [0.717, 1.165) is 0 Å². The van der Waals surface area contributed by atoms with Crippen LogP contribution in [0.4, 0.5) is 5.69 Å². The van der Waals surface area contributed by atoms with Gasteiger partial charge in [0.2, 0.25) is 5.91 Å². The van der Waals surface area contributed by atoms with Crippen molar-refractivity contribution in [2.75, 3.05) is 11.9 Å². The van der Waals surface area contributed by atoms with Crippen molar-refractivity contribution in [3.05, 3.63) is 36.9 Å². The van der Waals surface area contributed by atoms with Gasteiger partial charge >= 0.3 is 0 Å². The molecule has 1 aromatic heterocycles. The van der Waals surface area contributed by atoms with Crippen molar-refractivity contribution in [2.24, 2.45) is 5.73 Å². The van der Waals surface area contributed by atoms with Gasteiger partial charge in [-0.1, -0.05) is 13.0 Å². The standard InChI is InChI=1S/C14H19N5O2/c1-2-13(15)14(20)18-11-4-3-5-12(8-11)21-7-6-19-10-16-9-17-19/h3-5,8-10,13H,2,6-7,15H2,1H3,(H,18,20)/t13-/m0/s1. The molecule has 1 heterocycles. The minimum absolute atomic E-state index is 0.197. The third-order valence-electron chi connectivity index (χ3n) is 2.93. The number of hydrogen-bond donors (Lipinski definition) is 2. The number of amides is 1. The molecule has 112 valence electrons. The van der Waals surface area contributed by atoms with Gasteiger partial charge in [-0.25, -0.2) is 9.67 Å². The van der Waals surface area contributed by atoms with Gasteiger partial charge in [0, 0.05) is 11.8 Å². The third kappa shape index (κ3) is 4.57. The summed E-state index contributed by atoms with van der Waals surface area (Å²) in [6.07, 6.45) is 3.71. The van der Waals surface area contributed by atoms with E-state index < -0.39 is 6.04 Å². The van der Waals surface area contributed by atoms with Crippen molar-refractivity contribution in [3.8, 4) is 5.75 Å². The Morgan fingerprint density at radius 3 is 3.10 bits per heavy atom. The largest absolute Gasteiger partial charge is 0.492 e. The second-order valence-electron chi connectivity index (χ2n) is 4.54. The normalized spacial score (nSPS) is 11.9. The van der Waals surface area contributed by atoms with Crippen LogP contribution in [-0.4, -0.2) is 33.3 Å². The van der Waals surface area contributed by atoms with Gasteiger partial charge in [-0.05, 0) is 18.6 Å². The van der Waals surface area contributed by atoms with Crippen molar-refractivity contribution in [3.63, 3.8) is 0 Å². The van der Waals surface area contributed by atoms with E-state index >= 15 is 0 Å². The van der Waals surface area contributed by atoms with E-state index in [1.54, 1.807) is 23.1 Å². The lowest BCUT2D eigenvalue weighted by Gasteiger charge is -2.11. The first-order valence-corrected chi connectivity index (χ1v) is 6.80. The van der Waals surface area contributed by atoms with E-state index in [1.807, 2.05) is 19.1 Å². The first-order chi connectivity index (χ1) is 10.2. The van der Waals surface area contributed by atoms with E-state index in [4.69, 9.17) is 10.5 Å². The Kier molecular flexibility index (Phi) is 5.28. The lowest BCUT2D eigenvalue weighted by Crippen LogP contribution is -2.34. The summed E-state index contributed by atoms with van der Waals surface area (Å²) in [5.74, 6) is 0.482. The fourth-order valence-corrected chi connectivity index (χ4v) is 1.69. The highest BCUT2D eigenvalue weighted by molar-refractivity contribution is 5.94. The van der Waals surface area contributed by atoms with Gasteiger partial charge in [0.1, 0.15) is 25.0 Å². The minimum atomic E-state index is -0.498. The van der Waals surface area contributed by atoms with Crippen LogP contribution in [0.25, 0.3) is 0 Å². The molecule has 21 heavy (non-hydrogen) atoms.